The van der Waals surface area contributed by atoms with Crippen molar-refractivity contribution in [3.8, 4) is 0 Å². The molecular formula is C16H15ClN2O3S. The molecule has 3 N–H and O–H groups in total. The summed E-state index contributed by atoms with van der Waals surface area (Å²) in [6.45, 7) is 0. The minimum absolute atomic E-state index is 0.0787. The number of halogens is 1. The lowest BCUT2D eigenvalue weighted by Crippen LogP contribution is -2.19. The smallest absolute Gasteiger partial charge is 0.238 e. The van der Waals surface area contributed by atoms with E-state index in [1.54, 1.807) is 36.4 Å². The van der Waals surface area contributed by atoms with Gasteiger partial charge >= 0.3 is 0 Å². The normalized spacial score (nSPS) is 16.9. The van der Waals surface area contributed by atoms with Gasteiger partial charge in [-0.3, -0.25) is 4.79 Å². The van der Waals surface area contributed by atoms with Crippen LogP contribution in [0.25, 0.3) is 0 Å². The summed E-state index contributed by atoms with van der Waals surface area (Å²) >= 11 is 5.82. The summed E-state index contributed by atoms with van der Waals surface area (Å²) < 4.78 is 22.8. The Balaban J connectivity index is 1.82. The summed E-state index contributed by atoms with van der Waals surface area (Å²) in [5, 5.41) is 8.60. The maximum atomic E-state index is 12.5. The zero-order valence-corrected chi connectivity index (χ0v) is 13.7. The third-order valence-corrected chi connectivity index (χ3v) is 5.11. The number of nitrogens with one attached hydrogen (secondary N) is 1. The van der Waals surface area contributed by atoms with E-state index in [9.17, 15) is 13.2 Å². The van der Waals surface area contributed by atoms with Crippen LogP contribution in [0.3, 0.4) is 0 Å². The highest BCUT2D eigenvalue weighted by Crippen LogP contribution is 2.35. The van der Waals surface area contributed by atoms with Crippen molar-refractivity contribution in [3.05, 3.63) is 58.6 Å². The van der Waals surface area contributed by atoms with E-state index in [2.05, 4.69) is 5.32 Å². The van der Waals surface area contributed by atoms with Gasteiger partial charge in [0.05, 0.1) is 10.8 Å². The Labute approximate surface area is 139 Å². The van der Waals surface area contributed by atoms with Crippen molar-refractivity contribution in [2.24, 2.45) is 5.14 Å². The minimum atomic E-state index is -3.73. The molecule has 120 valence electrons. The Kier molecular flexibility index (Phi) is 4.14. The van der Waals surface area contributed by atoms with Crippen molar-refractivity contribution in [1.29, 1.82) is 0 Å². The van der Waals surface area contributed by atoms with Crippen molar-refractivity contribution in [3.63, 3.8) is 0 Å². The number of aryl methyl sites for hydroxylation is 1. The van der Waals surface area contributed by atoms with Crippen LogP contribution >= 0.6 is 11.6 Å². The van der Waals surface area contributed by atoms with Crippen LogP contribution in [0.4, 0.5) is 5.69 Å². The number of sulfonamides is 1. The van der Waals surface area contributed by atoms with Gasteiger partial charge in [0, 0.05) is 10.7 Å². The van der Waals surface area contributed by atoms with Crippen LogP contribution in [-0.2, 0) is 21.2 Å². The van der Waals surface area contributed by atoms with Gasteiger partial charge in [-0.1, -0.05) is 17.7 Å². The van der Waals surface area contributed by atoms with Crippen molar-refractivity contribution < 1.29 is 13.2 Å². The quantitative estimate of drug-likeness (QED) is 0.891. The van der Waals surface area contributed by atoms with Crippen LogP contribution in [0.5, 0.6) is 0 Å². The molecule has 0 radical (unpaired) electrons. The summed E-state index contributed by atoms with van der Waals surface area (Å²) in [5.74, 6) is -0.412. The second-order valence-electron chi connectivity index (χ2n) is 5.49. The predicted octanol–water partition coefficient (Wildman–Crippen LogP) is 2.66. The van der Waals surface area contributed by atoms with E-state index in [4.69, 9.17) is 16.7 Å². The highest BCUT2D eigenvalue weighted by Gasteiger charge is 2.29. The molecule has 3 rings (SSSR count). The standard InChI is InChI=1S/C16H15ClN2O3S/c17-11-2-4-12(5-3-11)19-16(20)15-7-1-10-9-13(23(18,21)22)6-8-14(10)15/h2-6,8-9,15H,1,7H2,(H,19,20)(H2,18,21,22). The van der Waals surface area contributed by atoms with Gasteiger partial charge in [0.15, 0.2) is 0 Å². The van der Waals surface area contributed by atoms with E-state index in [0.717, 1.165) is 11.1 Å². The van der Waals surface area contributed by atoms with E-state index in [1.807, 2.05) is 0 Å². The number of hydrogen-bond acceptors (Lipinski definition) is 3. The Morgan fingerprint density at radius 2 is 1.87 bits per heavy atom. The fraction of sp³-hybridized carbons (Fsp3) is 0.188. The maximum Gasteiger partial charge on any atom is 0.238 e. The predicted molar refractivity (Wildman–Crippen MR) is 89.0 cm³/mol. The first kappa shape index (κ1) is 16.0. The van der Waals surface area contributed by atoms with Gasteiger partial charge in [0.25, 0.3) is 0 Å². The average Bonchev–Trinajstić information content (AvgIpc) is 2.92. The highest BCUT2D eigenvalue weighted by molar-refractivity contribution is 7.89. The lowest BCUT2D eigenvalue weighted by molar-refractivity contribution is -0.117. The molecule has 1 aliphatic carbocycles. The average molecular weight is 351 g/mol. The molecule has 0 heterocycles. The Morgan fingerprint density at radius 3 is 2.52 bits per heavy atom. The lowest BCUT2D eigenvalue weighted by atomic mass is 10.0. The fourth-order valence-corrected chi connectivity index (χ4v) is 3.50. The molecule has 0 spiro atoms. The number of rotatable bonds is 3. The monoisotopic (exact) mass is 350 g/mol. The Hall–Kier alpha value is -1.89. The first-order valence-corrected chi connectivity index (χ1v) is 8.99. The SMILES string of the molecule is NS(=O)(=O)c1ccc2c(c1)CCC2C(=O)Nc1ccc(Cl)cc1. The van der Waals surface area contributed by atoms with E-state index < -0.39 is 10.0 Å². The van der Waals surface area contributed by atoms with E-state index in [0.29, 0.717) is 23.6 Å². The summed E-state index contributed by atoms with van der Waals surface area (Å²) in [6.07, 6.45) is 1.29. The zero-order chi connectivity index (χ0) is 16.6. The largest absolute Gasteiger partial charge is 0.326 e. The number of nitrogens with two attached hydrogens (primary N) is 1. The summed E-state index contributed by atoms with van der Waals surface area (Å²) in [4.78, 5) is 12.5. The molecule has 0 saturated heterocycles. The van der Waals surface area contributed by atoms with E-state index in [1.165, 1.54) is 6.07 Å². The number of carbonyl (C=O) groups excluding carboxylic acids is 1. The molecule has 1 aliphatic rings. The Bertz CT molecular complexity index is 863. The molecule has 0 bridgehead atoms. The Morgan fingerprint density at radius 1 is 1.17 bits per heavy atom. The molecule has 1 unspecified atom stereocenters. The lowest BCUT2D eigenvalue weighted by Gasteiger charge is -2.13. The topological polar surface area (TPSA) is 89.3 Å². The molecule has 1 amide bonds. The third kappa shape index (κ3) is 3.39. The third-order valence-electron chi connectivity index (χ3n) is 3.95. The van der Waals surface area contributed by atoms with Crippen molar-refractivity contribution in [1.82, 2.24) is 0 Å². The second kappa shape index (κ2) is 5.96. The van der Waals surface area contributed by atoms with Gasteiger partial charge in [-0.2, -0.15) is 0 Å². The molecule has 5 nitrogen and oxygen atoms in total. The van der Waals surface area contributed by atoms with Crippen LogP contribution in [0.15, 0.2) is 47.4 Å². The molecule has 1 atom stereocenters. The van der Waals surface area contributed by atoms with Crippen molar-refractivity contribution in [2.75, 3.05) is 5.32 Å². The molecule has 2 aromatic carbocycles. The van der Waals surface area contributed by atoms with Gasteiger partial charge in [0.2, 0.25) is 15.9 Å². The van der Waals surface area contributed by atoms with Crippen LogP contribution in [-0.4, -0.2) is 14.3 Å². The first-order chi connectivity index (χ1) is 10.8. The maximum absolute atomic E-state index is 12.5. The zero-order valence-electron chi connectivity index (χ0n) is 12.1. The summed E-state index contributed by atoms with van der Waals surface area (Å²) in [5.41, 5.74) is 2.38. The van der Waals surface area contributed by atoms with Crippen LogP contribution in [0.2, 0.25) is 5.02 Å². The molecule has 0 fully saturated rings. The van der Waals surface area contributed by atoms with Gasteiger partial charge in [-0.25, -0.2) is 13.6 Å². The molecule has 0 saturated carbocycles. The van der Waals surface area contributed by atoms with Gasteiger partial charge in [-0.05, 0) is 60.4 Å². The van der Waals surface area contributed by atoms with Crippen molar-refractivity contribution >= 4 is 33.2 Å². The van der Waals surface area contributed by atoms with Crippen molar-refractivity contribution in [2.45, 2.75) is 23.7 Å². The molecule has 0 aliphatic heterocycles. The number of primary sulfonamides is 1. The second-order valence-corrected chi connectivity index (χ2v) is 7.49. The highest BCUT2D eigenvalue weighted by atomic mass is 35.5. The molecular weight excluding hydrogens is 336 g/mol. The summed E-state index contributed by atoms with van der Waals surface area (Å²) in [7, 11) is -3.73. The van der Waals surface area contributed by atoms with Crippen LogP contribution < -0.4 is 10.5 Å². The number of benzene rings is 2. The molecule has 0 aromatic heterocycles. The first-order valence-electron chi connectivity index (χ1n) is 7.06. The number of carbonyl (C=O) groups is 1. The van der Waals surface area contributed by atoms with Crippen LogP contribution in [0.1, 0.15) is 23.5 Å². The fourth-order valence-electron chi connectivity index (χ4n) is 2.81. The number of hydrogen-bond donors (Lipinski definition) is 2. The molecule has 23 heavy (non-hydrogen) atoms. The minimum Gasteiger partial charge on any atom is -0.326 e. The van der Waals surface area contributed by atoms with Crippen LogP contribution in [0, 0.1) is 0 Å². The molecule has 7 heteroatoms. The number of fused-ring (bicyclic) bond motifs is 1. The van der Waals surface area contributed by atoms with Gasteiger partial charge < -0.3 is 5.32 Å². The molecule has 2 aromatic rings. The van der Waals surface area contributed by atoms with Gasteiger partial charge in [-0.15, -0.1) is 0 Å². The number of amides is 1. The van der Waals surface area contributed by atoms with Gasteiger partial charge in [0.1, 0.15) is 0 Å². The number of anilines is 1. The van der Waals surface area contributed by atoms with E-state index >= 15 is 0 Å². The van der Waals surface area contributed by atoms with E-state index in [-0.39, 0.29) is 16.7 Å². The summed E-state index contributed by atoms with van der Waals surface area (Å²) in [6, 6.07) is 11.6.